The van der Waals surface area contributed by atoms with Crippen molar-refractivity contribution < 1.29 is 4.39 Å². The molecule has 0 amide bonds. The van der Waals surface area contributed by atoms with Crippen molar-refractivity contribution in [3.8, 4) is 0 Å². The molecule has 1 heterocycles. The normalized spacial score (nSPS) is 10.8. The lowest BCUT2D eigenvalue weighted by Gasteiger charge is -2.00. The van der Waals surface area contributed by atoms with E-state index in [0.29, 0.717) is 5.95 Å². The topological polar surface area (TPSA) is 43.8 Å². The summed E-state index contributed by atoms with van der Waals surface area (Å²) in [4.78, 5) is 4.26. The molecule has 1 aromatic heterocycles. The van der Waals surface area contributed by atoms with E-state index in [-0.39, 0.29) is 5.82 Å². The van der Waals surface area contributed by atoms with E-state index in [2.05, 4.69) is 20.9 Å². The molecule has 5 heteroatoms. The van der Waals surface area contributed by atoms with E-state index >= 15 is 0 Å². The number of nitrogens with zero attached hydrogens (tertiary/aromatic N) is 2. The van der Waals surface area contributed by atoms with E-state index in [1.54, 1.807) is 16.7 Å². The van der Waals surface area contributed by atoms with Gasteiger partial charge in [0, 0.05) is 7.05 Å². The van der Waals surface area contributed by atoms with Crippen molar-refractivity contribution in [2.24, 2.45) is 7.05 Å². The first-order chi connectivity index (χ1) is 8.08. The number of aryl methyl sites for hydroxylation is 2. The molecular formula is C12H13BrFN3. The molecule has 0 spiro atoms. The fraction of sp³-hybridized carbons (Fsp3) is 0.250. The van der Waals surface area contributed by atoms with Crippen LogP contribution < -0.4 is 5.73 Å². The highest BCUT2D eigenvalue weighted by molar-refractivity contribution is 9.10. The fourth-order valence-corrected chi connectivity index (χ4v) is 2.10. The van der Waals surface area contributed by atoms with Crippen LogP contribution in [-0.4, -0.2) is 9.55 Å². The Labute approximate surface area is 108 Å². The van der Waals surface area contributed by atoms with Crippen molar-refractivity contribution in [1.29, 1.82) is 0 Å². The SMILES string of the molecule is Cn1c(N)nc(CCc2ccc(F)cc2)c1Br. The molecule has 0 saturated heterocycles. The lowest BCUT2D eigenvalue weighted by molar-refractivity contribution is 0.627. The first-order valence-corrected chi connectivity index (χ1v) is 6.08. The Bertz CT molecular complexity index is 519. The summed E-state index contributed by atoms with van der Waals surface area (Å²) in [6.45, 7) is 0. The van der Waals surface area contributed by atoms with Crippen LogP contribution in [0.25, 0.3) is 0 Å². The summed E-state index contributed by atoms with van der Waals surface area (Å²) in [5, 5.41) is 0. The monoisotopic (exact) mass is 297 g/mol. The molecule has 0 aliphatic rings. The number of rotatable bonds is 3. The van der Waals surface area contributed by atoms with Gasteiger partial charge in [-0.2, -0.15) is 0 Å². The molecule has 0 saturated carbocycles. The van der Waals surface area contributed by atoms with Gasteiger partial charge in [-0.3, -0.25) is 0 Å². The van der Waals surface area contributed by atoms with Crippen LogP contribution in [0.5, 0.6) is 0 Å². The molecule has 17 heavy (non-hydrogen) atoms. The van der Waals surface area contributed by atoms with Crippen LogP contribution >= 0.6 is 15.9 Å². The molecule has 0 atom stereocenters. The molecule has 0 fully saturated rings. The molecule has 0 aliphatic heterocycles. The van der Waals surface area contributed by atoms with E-state index in [9.17, 15) is 4.39 Å². The Hall–Kier alpha value is -1.36. The zero-order valence-electron chi connectivity index (χ0n) is 9.45. The van der Waals surface area contributed by atoms with Crippen LogP contribution in [0, 0.1) is 5.82 Å². The van der Waals surface area contributed by atoms with Crippen LogP contribution in [0.4, 0.5) is 10.3 Å². The van der Waals surface area contributed by atoms with E-state index < -0.39 is 0 Å². The summed E-state index contributed by atoms with van der Waals surface area (Å²) in [5.41, 5.74) is 7.71. The van der Waals surface area contributed by atoms with Gasteiger partial charge >= 0.3 is 0 Å². The Morgan fingerprint density at radius 2 is 1.94 bits per heavy atom. The molecule has 2 aromatic rings. The number of benzene rings is 1. The Balaban J connectivity index is 2.07. The van der Waals surface area contributed by atoms with Gasteiger partial charge in [-0.1, -0.05) is 12.1 Å². The largest absolute Gasteiger partial charge is 0.369 e. The molecule has 2 N–H and O–H groups in total. The third-order valence-electron chi connectivity index (χ3n) is 2.69. The third kappa shape index (κ3) is 2.66. The summed E-state index contributed by atoms with van der Waals surface area (Å²) >= 11 is 3.45. The predicted octanol–water partition coefficient (Wildman–Crippen LogP) is 2.69. The highest BCUT2D eigenvalue weighted by Gasteiger charge is 2.09. The van der Waals surface area contributed by atoms with Crippen molar-refractivity contribution in [3.63, 3.8) is 0 Å². The second-order valence-electron chi connectivity index (χ2n) is 3.89. The summed E-state index contributed by atoms with van der Waals surface area (Å²) in [7, 11) is 1.85. The molecule has 0 bridgehead atoms. The summed E-state index contributed by atoms with van der Waals surface area (Å²) in [6.07, 6.45) is 1.59. The first kappa shape index (κ1) is 12.1. The number of halogens is 2. The third-order valence-corrected chi connectivity index (χ3v) is 3.68. The summed E-state index contributed by atoms with van der Waals surface area (Å²) in [5.74, 6) is 0.281. The van der Waals surface area contributed by atoms with Gasteiger partial charge in [-0.05, 0) is 46.5 Å². The molecule has 3 nitrogen and oxygen atoms in total. The molecule has 1 aromatic carbocycles. The maximum absolute atomic E-state index is 12.7. The summed E-state index contributed by atoms with van der Waals surface area (Å²) in [6, 6.07) is 6.51. The van der Waals surface area contributed by atoms with E-state index in [4.69, 9.17) is 5.73 Å². The van der Waals surface area contributed by atoms with Crippen molar-refractivity contribution in [2.75, 3.05) is 5.73 Å². The van der Waals surface area contributed by atoms with Crippen molar-refractivity contribution in [2.45, 2.75) is 12.8 Å². The Kier molecular flexibility index (Phi) is 3.47. The van der Waals surface area contributed by atoms with Gasteiger partial charge < -0.3 is 10.3 Å². The van der Waals surface area contributed by atoms with Gasteiger partial charge in [0.25, 0.3) is 0 Å². The van der Waals surface area contributed by atoms with Gasteiger partial charge in [0.1, 0.15) is 10.4 Å². The van der Waals surface area contributed by atoms with Gasteiger partial charge in [0.15, 0.2) is 0 Å². The second-order valence-corrected chi connectivity index (χ2v) is 4.64. The van der Waals surface area contributed by atoms with Crippen molar-refractivity contribution >= 4 is 21.9 Å². The fourth-order valence-electron chi connectivity index (χ4n) is 1.63. The molecule has 2 rings (SSSR count). The van der Waals surface area contributed by atoms with E-state index in [1.807, 2.05) is 7.05 Å². The zero-order chi connectivity index (χ0) is 12.4. The standard InChI is InChI=1S/C12H13BrFN3/c1-17-11(13)10(16-12(17)15)7-4-8-2-5-9(14)6-3-8/h2-3,5-6H,4,7H2,1H3,(H2,15,16). The molecule has 0 radical (unpaired) electrons. The maximum atomic E-state index is 12.7. The second kappa shape index (κ2) is 4.87. The minimum atomic E-state index is -0.211. The Morgan fingerprint density at radius 1 is 1.29 bits per heavy atom. The van der Waals surface area contributed by atoms with Crippen LogP contribution in [0.2, 0.25) is 0 Å². The number of hydrogen-bond acceptors (Lipinski definition) is 2. The van der Waals surface area contributed by atoms with E-state index in [0.717, 1.165) is 28.7 Å². The van der Waals surface area contributed by atoms with Crippen LogP contribution in [0.1, 0.15) is 11.3 Å². The number of aromatic nitrogens is 2. The zero-order valence-corrected chi connectivity index (χ0v) is 11.0. The lowest BCUT2D eigenvalue weighted by atomic mass is 10.1. The molecule has 90 valence electrons. The van der Waals surface area contributed by atoms with Gasteiger partial charge in [-0.25, -0.2) is 9.37 Å². The quantitative estimate of drug-likeness (QED) is 0.947. The highest BCUT2D eigenvalue weighted by atomic mass is 79.9. The summed E-state index contributed by atoms with van der Waals surface area (Å²) < 4.78 is 15.4. The number of imidazole rings is 1. The minimum Gasteiger partial charge on any atom is -0.369 e. The smallest absolute Gasteiger partial charge is 0.201 e. The van der Waals surface area contributed by atoms with Gasteiger partial charge in [0.05, 0.1) is 5.69 Å². The van der Waals surface area contributed by atoms with Crippen LogP contribution in [0.15, 0.2) is 28.9 Å². The van der Waals surface area contributed by atoms with Crippen molar-refractivity contribution in [3.05, 3.63) is 45.9 Å². The predicted molar refractivity (Wildman–Crippen MR) is 69.1 cm³/mol. The number of hydrogen-bond donors (Lipinski definition) is 1. The number of nitrogen functional groups attached to an aromatic ring is 1. The molecule has 0 aliphatic carbocycles. The van der Waals surface area contributed by atoms with Crippen molar-refractivity contribution in [1.82, 2.24) is 9.55 Å². The van der Waals surface area contributed by atoms with Gasteiger partial charge in [-0.15, -0.1) is 0 Å². The average Bonchev–Trinajstić information content (AvgIpc) is 2.56. The van der Waals surface area contributed by atoms with Crippen LogP contribution in [0.3, 0.4) is 0 Å². The minimum absolute atomic E-state index is 0.211. The number of anilines is 1. The molecular weight excluding hydrogens is 285 g/mol. The average molecular weight is 298 g/mol. The van der Waals surface area contributed by atoms with E-state index in [1.165, 1.54) is 12.1 Å². The maximum Gasteiger partial charge on any atom is 0.201 e. The Morgan fingerprint density at radius 3 is 2.47 bits per heavy atom. The molecule has 0 unspecified atom stereocenters. The lowest BCUT2D eigenvalue weighted by Crippen LogP contribution is -1.96. The van der Waals surface area contributed by atoms with Crippen LogP contribution in [-0.2, 0) is 19.9 Å². The van der Waals surface area contributed by atoms with Gasteiger partial charge in [0.2, 0.25) is 5.95 Å². The highest BCUT2D eigenvalue weighted by Crippen LogP contribution is 2.20. The number of nitrogens with two attached hydrogens (primary N) is 1. The first-order valence-electron chi connectivity index (χ1n) is 5.29.